The Morgan fingerprint density at radius 3 is 2.76 bits per heavy atom. The summed E-state index contributed by atoms with van der Waals surface area (Å²) in [5.41, 5.74) is 4.67. The van der Waals surface area contributed by atoms with E-state index < -0.39 is 5.95 Å². The van der Waals surface area contributed by atoms with Crippen LogP contribution in [-0.2, 0) is 31.4 Å². The summed E-state index contributed by atoms with van der Waals surface area (Å²) in [6, 6.07) is 12.0. The molecule has 3 aromatic heterocycles. The van der Waals surface area contributed by atoms with Crippen molar-refractivity contribution in [3.63, 3.8) is 0 Å². The fourth-order valence-corrected chi connectivity index (χ4v) is 4.40. The molecule has 0 unspecified atom stereocenters. The second-order valence-electron chi connectivity index (χ2n) is 8.22. The lowest BCUT2D eigenvalue weighted by atomic mass is 10.0. The second kappa shape index (κ2) is 8.20. The van der Waals surface area contributed by atoms with Crippen LogP contribution in [-0.4, -0.2) is 31.5 Å². The van der Waals surface area contributed by atoms with Crippen molar-refractivity contribution in [1.29, 1.82) is 0 Å². The fourth-order valence-electron chi connectivity index (χ4n) is 4.40. The van der Waals surface area contributed by atoms with Gasteiger partial charge in [0.05, 0.1) is 11.2 Å². The topological polar surface area (TPSA) is 69.4 Å². The number of aromatic nitrogens is 3. The van der Waals surface area contributed by atoms with E-state index in [4.69, 9.17) is 4.74 Å². The number of pyridine rings is 2. The number of benzene rings is 1. The maximum atomic E-state index is 12.9. The third-order valence-corrected chi connectivity index (χ3v) is 6.20. The fraction of sp³-hybridized carbons (Fsp3) is 0.240. The summed E-state index contributed by atoms with van der Waals surface area (Å²) in [6.07, 6.45) is 3.90. The van der Waals surface area contributed by atoms with Crippen LogP contribution >= 0.6 is 0 Å². The van der Waals surface area contributed by atoms with Gasteiger partial charge in [0.25, 0.3) is 5.56 Å². The maximum Gasteiger partial charge on any atom is 0.258 e. The second-order valence-corrected chi connectivity index (χ2v) is 8.22. The molecule has 7 nitrogen and oxygen atoms in total. The minimum Gasteiger partial charge on any atom is -0.489 e. The quantitative estimate of drug-likeness (QED) is 0.451. The molecule has 1 amide bonds. The molecule has 5 rings (SSSR count). The molecule has 168 valence electrons. The van der Waals surface area contributed by atoms with Crippen molar-refractivity contribution in [1.82, 2.24) is 19.0 Å². The number of nitrogens with zero attached hydrogens (tertiary/aromatic N) is 4. The lowest BCUT2D eigenvalue weighted by Gasteiger charge is -2.26. The van der Waals surface area contributed by atoms with Crippen LogP contribution in [0.2, 0.25) is 0 Å². The standard InChI is InChI=1S/C25H23FN4O3/c1-16(31)29-9-8-22-21(14-29)20-5-4-18(11-23(20)28(22)2)30-10-7-19(12-25(30)32)33-15-17-3-6-24(26)27-13-17/h3-7,10-13H,8-9,14-15H2,1-2H3. The molecule has 0 spiro atoms. The van der Waals surface area contributed by atoms with Gasteiger partial charge in [0.2, 0.25) is 11.9 Å². The van der Waals surface area contributed by atoms with Crippen molar-refractivity contribution < 1.29 is 13.9 Å². The number of hydrogen-bond donors (Lipinski definition) is 0. The SMILES string of the molecule is CC(=O)N1CCc2c(c3ccc(-n4ccc(OCc5ccc(F)nc5)cc4=O)cc3n2C)C1. The summed E-state index contributed by atoms with van der Waals surface area (Å²) in [4.78, 5) is 30.1. The predicted octanol–water partition coefficient (Wildman–Crippen LogP) is 3.35. The molecule has 0 radical (unpaired) electrons. The van der Waals surface area contributed by atoms with E-state index in [1.807, 2.05) is 30.1 Å². The first-order valence-corrected chi connectivity index (χ1v) is 10.7. The molecular formula is C25H23FN4O3. The van der Waals surface area contributed by atoms with E-state index in [2.05, 4.69) is 9.55 Å². The van der Waals surface area contributed by atoms with Crippen molar-refractivity contribution in [3.8, 4) is 11.4 Å². The van der Waals surface area contributed by atoms with Crippen molar-refractivity contribution >= 4 is 16.8 Å². The van der Waals surface area contributed by atoms with E-state index in [-0.39, 0.29) is 18.1 Å². The van der Waals surface area contributed by atoms with Gasteiger partial charge in [-0.25, -0.2) is 4.98 Å². The van der Waals surface area contributed by atoms with Crippen LogP contribution in [0, 0.1) is 5.95 Å². The number of amides is 1. The Labute approximate surface area is 189 Å². The number of ether oxygens (including phenoxy) is 1. The van der Waals surface area contributed by atoms with Gasteiger partial charge < -0.3 is 14.2 Å². The number of halogens is 1. The highest BCUT2D eigenvalue weighted by molar-refractivity contribution is 5.88. The Hall–Kier alpha value is -3.94. The molecule has 0 N–H and O–H groups in total. The number of carbonyl (C=O) groups is 1. The molecule has 1 aromatic carbocycles. The normalized spacial score (nSPS) is 13.2. The highest BCUT2D eigenvalue weighted by Crippen LogP contribution is 2.31. The number of hydrogen-bond acceptors (Lipinski definition) is 4. The largest absolute Gasteiger partial charge is 0.489 e. The molecule has 0 aliphatic carbocycles. The summed E-state index contributed by atoms with van der Waals surface area (Å²) >= 11 is 0. The van der Waals surface area contributed by atoms with Crippen molar-refractivity contribution in [2.45, 2.75) is 26.5 Å². The van der Waals surface area contributed by atoms with E-state index in [0.717, 1.165) is 23.0 Å². The van der Waals surface area contributed by atoms with E-state index in [9.17, 15) is 14.0 Å². The van der Waals surface area contributed by atoms with E-state index in [0.29, 0.717) is 24.4 Å². The van der Waals surface area contributed by atoms with Gasteiger partial charge >= 0.3 is 0 Å². The highest BCUT2D eigenvalue weighted by atomic mass is 19.1. The first-order chi connectivity index (χ1) is 15.9. The van der Waals surface area contributed by atoms with Crippen LogP contribution in [0.5, 0.6) is 5.75 Å². The molecule has 1 aliphatic rings. The molecule has 4 heterocycles. The van der Waals surface area contributed by atoms with Gasteiger partial charge in [-0.05, 0) is 30.3 Å². The summed E-state index contributed by atoms with van der Waals surface area (Å²) in [7, 11) is 2.03. The minimum atomic E-state index is -0.548. The lowest BCUT2D eigenvalue weighted by molar-refractivity contribution is -0.129. The Balaban J connectivity index is 1.42. The molecule has 0 bridgehead atoms. The molecule has 0 fully saturated rings. The summed E-state index contributed by atoms with van der Waals surface area (Å²) in [5, 5.41) is 1.10. The molecular weight excluding hydrogens is 423 g/mol. The van der Waals surface area contributed by atoms with Gasteiger partial charge in [-0.1, -0.05) is 6.07 Å². The van der Waals surface area contributed by atoms with E-state index in [1.165, 1.54) is 29.6 Å². The Kier molecular flexibility index (Phi) is 5.20. The third-order valence-electron chi connectivity index (χ3n) is 6.20. The van der Waals surface area contributed by atoms with Crippen LogP contribution in [0.1, 0.15) is 23.7 Å². The number of fused-ring (bicyclic) bond motifs is 3. The first kappa shape index (κ1) is 20.9. The molecule has 8 heteroatoms. The number of aryl methyl sites for hydroxylation is 1. The highest BCUT2D eigenvalue weighted by Gasteiger charge is 2.24. The van der Waals surface area contributed by atoms with Crippen molar-refractivity contribution in [2.75, 3.05) is 6.54 Å². The number of rotatable bonds is 4. The molecule has 1 aliphatic heterocycles. The molecule has 0 saturated carbocycles. The first-order valence-electron chi connectivity index (χ1n) is 10.7. The van der Waals surface area contributed by atoms with Crippen molar-refractivity contribution in [2.24, 2.45) is 7.05 Å². The zero-order valence-electron chi connectivity index (χ0n) is 18.4. The van der Waals surface area contributed by atoms with Crippen LogP contribution < -0.4 is 10.3 Å². The van der Waals surface area contributed by atoms with Crippen molar-refractivity contribution in [3.05, 3.63) is 88.0 Å². The van der Waals surface area contributed by atoms with Gasteiger partial charge in [0.1, 0.15) is 12.4 Å². The van der Waals surface area contributed by atoms with Gasteiger partial charge in [-0.15, -0.1) is 0 Å². The summed E-state index contributed by atoms with van der Waals surface area (Å²) < 4.78 is 22.3. The number of carbonyl (C=O) groups excluding carboxylic acids is 1. The zero-order chi connectivity index (χ0) is 23.1. The van der Waals surface area contributed by atoms with E-state index >= 15 is 0 Å². The Morgan fingerprint density at radius 1 is 1.18 bits per heavy atom. The zero-order valence-corrected chi connectivity index (χ0v) is 18.4. The molecule has 33 heavy (non-hydrogen) atoms. The molecule has 0 saturated heterocycles. The van der Waals surface area contributed by atoms with Gasteiger partial charge in [-0.3, -0.25) is 14.2 Å². The van der Waals surface area contributed by atoms with Gasteiger partial charge in [0, 0.05) is 74.1 Å². The average Bonchev–Trinajstić information content (AvgIpc) is 3.09. The minimum absolute atomic E-state index is 0.0822. The van der Waals surface area contributed by atoms with Crippen LogP contribution in [0.25, 0.3) is 16.6 Å². The average molecular weight is 446 g/mol. The third kappa shape index (κ3) is 3.88. The molecule has 0 atom stereocenters. The lowest BCUT2D eigenvalue weighted by Crippen LogP contribution is -2.34. The Morgan fingerprint density at radius 2 is 2.03 bits per heavy atom. The maximum absolute atomic E-state index is 12.9. The smallest absolute Gasteiger partial charge is 0.258 e. The van der Waals surface area contributed by atoms with Gasteiger partial charge in [0.15, 0.2) is 0 Å². The molecule has 4 aromatic rings. The van der Waals surface area contributed by atoms with Crippen LogP contribution in [0.4, 0.5) is 4.39 Å². The summed E-state index contributed by atoms with van der Waals surface area (Å²) in [5.74, 6) is -0.0345. The Bertz CT molecular complexity index is 1420. The summed E-state index contributed by atoms with van der Waals surface area (Å²) in [6.45, 7) is 3.12. The van der Waals surface area contributed by atoms with Crippen LogP contribution in [0.15, 0.2) is 59.7 Å². The van der Waals surface area contributed by atoms with Gasteiger partial charge in [-0.2, -0.15) is 4.39 Å². The predicted molar refractivity (Wildman–Crippen MR) is 122 cm³/mol. The monoisotopic (exact) mass is 446 g/mol. The van der Waals surface area contributed by atoms with Crippen LogP contribution in [0.3, 0.4) is 0 Å². The van der Waals surface area contributed by atoms with E-state index in [1.54, 1.807) is 29.8 Å².